The number of aliphatic imine (C=N–C) groups is 1. The smallest absolute Gasteiger partial charge is 0.165 e. The molecular weight excluding hydrogens is 203 g/mol. The fourth-order valence-corrected chi connectivity index (χ4v) is 1.03. The van der Waals surface area contributed by atoms with Crippen LogP contribution in [0.5, 0.6) is 0 Å². The number of hydrogen-bond acceptors (Lipinski definition) is 4. The highest BCUT2D eigenvalue weighted by Crippen LogP contribution is 1.99. The van der Waals surface area contributed by atoms with E-state index in [2.05, 4.69) is 4.99 Å². The lowest BCUT2D eigenvalue weighted by Crippen LogP contribution is -2.13. The molecule has 0 amide bonds. The van der Waals surface area contributed by atoms with Crippen molar-refractivity contribution in [2.24, 2.45) is 10.7 Å². The number of alkyl halides is 1. The molecule has 2 N–H and O–H groups in total. The van der Waals surface area contributed by atoms with Crippen LogP contribution in [0.3, 0.4) is 0 Å². The highest BCUT2D eigenvalue weighted by atomic mass is 32.2. The maximum Gasteiger partial charge on any atom is 0.165 e. The Morgan fingerprint density at radius 1 is 1.71 bits per heavy atom. The van der Waals surface area contributed by atoms with E-state index in [4.69, 9.17) is 5.73 Å². The molecule has 0 rings (SSSR count). The van der Waals surface area contributed by atoms with Gasteiger partial charge in [0.2, 0.25) is 0 Å². The van der Waals surface area contributed by atoms with Crippen molar-refractivity contribution in [2.75, 3.05) is 18.6 Å². The predicted molar refractivity (Wildman–Crippen MR) is 59.6 cm³/mol. The van der Waals surface area contributed by atoms with Gasteiger partial charge in [-0.15, -0.1) is 0 Å². The van der Waals surface area contributed by atoms with E-state index in [-0.39, 0.29) is 11.4 Å². The molecule has 1 unspecified atom stereocenters. The molecule has 0 aromatic rings. The lowest BCUT2D eigenvalue weighted by Gasteiger charge is -2.02. The molecule has 0 aliphatic heterocycles. The first-order valence-electron chi connectivity index (χ1n) is 4.21. The van der Waals surface area contributed by atoms with Gasteiger partial charge in [0.25, 0.3) is 0 Å². The van der Waals surface area contributed by atoms with E-state index in [9.17, 15) is 9.18 Å². The van der Waals surface area contributed by atoms with Crippen LogP contribution in [-0.4, -0.2) is 36.7 Å². The molecule has 0 saturated heterocycles. The average Bonchev–Trinajstić information content (AvgIpc) is 2.16. The van der Waals surface area contributed by atoms with Crippen LogP contribution in [0.4, 0.5) is 4.39 Å². The molecule has 0 aliphatic carbocycles. The molecule has 80 valence electrons. The third-order valence-corrected chi connectivity index (χ3v) is 2.04. The summed E-state index contributed by atoms with van der Waals surface area (Å²) in [6, 6.07) is 0. The Labute approximate surface area is 87.7 Å². The van der Waals surface area contributed by atoms with Crippen molar-refractivity contribution in [2.45, 2.75) is 13.1 Å². The molecule has 0 bridgehead atoms. The van der Waals surface area contributed by atoms with Gasteiger partial charge in [0, 0.05) is 12.3 Å². The first-order chi connectivity index (χ1) is 6.61. The minimum Gasteiger partial charge on any atom is -0.396 e. The average molecular weight is 218 g/mol. The number of carbonyl (C=O) groups excluding carboxylic acids is 1. The zero-order valence-corrected chi connectivity index (χ0v) is 9.18. The van der Waals surface area contributed by atoms with Crippen LogP contribution in [0.1, 0.15) is 6.92 Å². The number of hydrogen-bond donors (Lipinski definition) is 1. The minimum absolute atomic E-state index is 0.00241. The van der Waals surface area contributed by atoms with Gasteiger partial charge in [0.15, 0.2) is 6.29 Å². The van der Waals surface area contributed by atoms with Gasteiger partial charge in [-0.1, -0.05) is 0 Å². The van der Waals surface area contributed by atoms with Crippen LogP contribution in [0, 0.1) is 0 Å². The number of thioether (sulfide) groups is 1. The first-order valence-corrected chi connectivity index (χ1v) is 5.61. The minimum atomic E-state index is -1.20. The standard InChI is InChI=1S/C9H15FN2OS/c1-7(10)9(5-8(11)6-13)12-3-4-14-2/h5-7H,3-4,11H2,1-2H3/b8-5-,12-9?. The van der Waals surface area contributed by atoms with Gasteiger partial charge in [-0.05, 0) is 19.3 Å². The molecule has 0 aromatic heterocycles. The maximum absolute atomic E-state index is 12.9. The van der Waals surface area contributed by atoms with E-state index >= 15 is 0 Å². The third-order valence-electron chi connectivity index (χ3n) is 1.45. The van der Waals surface area contributed by atoms with Crippen LogP contribution < -0.4 is 5.73 Å². The van der Waals surface area contributed by atoms with Crippen LogP contribution >= 0.6 is 11.8 Å². The molecule has 0 saturated carbocycles. The molecule has 0 aromatic carbocycles. The Balaban J connectivity index is 4.43. The molecular formula is C9H15FN2OS. The number of nitrogens with two attached hydrogens (primary N) is 1. The van der Waals surface area contributed by atoms with Crippen LogP contribution in [0.15, 0.2) is 16.8 Å². The van der Waals surface area contributed by atoms with E-state index < -0.39 is 6.17 Å². The molecule has 0 spiro atoms. The monoisotopic (exact) mass is 218 g/mol. The van der Waals surface area contributed by atoms with E-state index in [0.717, 1.165) is 5.75 Å². The number of aldehydes is 1. The first kappa shape index (κ1) is 13.2. The van der Waals surface area contributed by atoms with E-state index in [0.29, 0.717) is 12.8 Å². The summed E-state index contributed by atoms with van der Waals surface area (Å²) in [7, 11) is 0. The molecule has 1 atom stereocenters. The summed E-state index contributed by atoms with van der Waals surface area (Å²) in [5.41, 5.74) is 5.48. The van der Waals surface area contributed by atoms with Gasteiger partial charge in [0.1, 0.15) is 6.17 Å². The molecule has 5 heteroatoms. The number of nitrogens with zero attached hydrogens (tertiary/aromatic N) is 1. The molecule has 14 heavy (non-hydrogen) atoms. The summed E-state index contributed by atoms with van der Waals surface area (Å²) in [6.07, 6.45) is 2.50. The molecule has 0 aliphatic rings. The van der Waals surface area contributed by atoms with Gasteiger partial charge < -0.3 is 5.73 Å². The summed E-state index contributed by atoms with van der Waals surface area (Å²) >= 11 is 1.63. The van der Waals surface area contributed by atoms with Crippen molar-refractivity contribution in [1.82, 2.24) is 0 Å². The largest absolute Gasteiger partial charge is 0.396 e. The van der Waals surface area contributed by atoms with Gasteiger partial charge in [-0.25, -0.2) is 4.39 Å². The van der Waals surface area contributed by atoms with E-state index in [1.54, 1.807) is 11.8 Å². The van der Waals surface area contributed by atoms with Crippen molar-refractivity contribution in [1.29, 1.82) is 0 Å². The van der Waals surface area contributed by atoms with Crippen molar-refractivity contribution in [3.05, 3.63) is 11.8 Å². The van der Waals surface area contributed by atoms with Gasteiger partial charge in [-0.3, -0.25) is 9.79 Å². The van der Waals surface area contributed by atoms with E-state index in [1.165, 1.54) is 13.0 Å². The SMILES string of the molecule is CSCCN=C(/C=C(\N)C=O)C(C)F. The Bertz CT molecular complexity index is 239. The Kier molecular flexibility index (Phi) is 7.10. The van der Waals surface area contributed by atoms with Crippen molar-refractivity contribution >= 4 is 23.8 Å². The number of halogens is 1. The van der Waals surface area contributed by atoms with E-state index in [1.807, 2.05) is 6.26 Å². The number of rotatable bonds is 6. The number of allylic oxidation sites excluding steroid dienone is 2. The Morgan fingerprint density at radius 2 is 2.36 bits per heavy atom. The lowest BCUT2D eigenvalue weighted by atomic mass is 10.2. The van der Waals surface area contributed by atoms with Crippen LogP contribution in [0.25, 0.3) is 0 Å². The van der Waals surface area contributed by atoms with Gasteiger partial charge >= 0.3 is 0 Å². The van der Waals surface area contributed by atoms with Crippen LogP contribution in [-0.2, 0) is 4.79 Å². The Hall–Kier alpha value is -0.840. The summed E-state index contributed by atoms with van der Waals surface area (Å²) < 4.78 is 12.9. The zero-order valence-electron chi connectivity index (χ0n) is 8.37. The lowest BCUT2D eigenvalue weighted by molar-refractivity contribution is -0.104. The third kappa shape index (κ3) is 5.75. The topological polar surface area (TPSA) is 55.4 Å². The van der Waals surface area contributed by atoms with Gasteiger partial charge in [-0.2, -0.15) is 11.8 Å². The highest BCUT2D eigenvalue weighted by molar-refractivity contribution is 7.98. The summed E-state index contributed by atoms with van der Waals surface area (Å²) in [4.78, 5) is 14.2. The quantitative estimate of drug-likeness (QED) is 0.315. The number of carbonyl (C=O) groups is 1. The summed E-state index contributed by atoms with van der Waals surface area (Å²) in [5, 5.41) is 0. The fourth-order valence-electron chi connectivity index (χ4n) is 0.757. The summed E-state index contributed by atoms with van der Waals surface area (Å²) in [5.74, 6) is 0.824. The molecule has 0 fully saturated rings. The van der Waals surface area contributed by atoms with Crippen molar-refractivity contribution < 1.29 is 9.18 Å². The highest BCUT2D eigenvalue weighted by Gasteiger charge is 2.05. The molecule has 0 heterocycles. The second-order valence-corrected chi connectivity index (χ2v) is 3.66. The molecule has 3 nitrogen and oxygen atoms in total. The molecule has 0 radical (unpaired) electrons. The van der Waals surface area contributed by atoms with Crippen LogP contribution in [0.2, 0.25) is 0 Å². The van der Waals surface area contributed by atoms with Gasteiger partial charge in [0.05, 0.1) is 11.4 Å². The van der Waals surface area contributed by atoms with Crippen molar-refractivity contribution in [3.8, 4) is 0 Å². The normalized spacial score (nSPS) is 15.4. The maximum atomic E-state index is 12.9. The zero-order chi connectivity index (χ0) is 11.0. The second kappa shape index (κ2) is 7.55. The Morgan fingerprint density at radius 3 is 2.79 bits per heavy atom. The predicted octanol–water partition coefficient (Wildman–Crippen LogP) is 1.19. The fraction of sp³-hybridized carbons (Fsp3) is 0.556. The second-order valence-electron chi connectivity index (χ2n) is 2.68. The van der Waals surface area contributed by atoms with Crippen molar-refractivity contribution in [3.63, 3.8) is 0 Å². The summed E-state index contributed by atoms with van der Waals surface area (Å²) in [6.45, 7) is 1.90.